The van der Waals surface area contributed by atoms with Crippen LogP contribution in [0.4, 0.5) is 0 Å². The van der Waals surface area contributed by atoms with Gasteiger partial charge >= 0.3 is 0 Å². The molecule has 0 bridgehead atoms. The lowest BCUT2D eigenvalue weighted by Gasteiger charge is -2.25. The molecule has 0 saturated heterocycles. The fraction of sp³-hybridized carbons (Fsp3) is 0.333. The Kier molecular flexibility index (Phi) is 3.52. The number of benzene rings is 1. The van der Waals surface area contributed by atoms with Crippen LogP contribution < -0.4 is 5.32 Å². The summed E-state index contributed by atoms with van der Waals surface area (Å²) >= 11 is 0. The Morgan fingerprint density at radius 1 is 1.33 bits per heavy atom. The fourth-order valence-electron chi connectivity index (χ4n) is 2.92. The van der Waals surface area contributed by atoms with E-state index in [0.717, 1.165) is 30.2 Å². The highest BCUT2D eigenvalue weighted by molar-refractivity contribution is 5.94. The smallest absolute Gasteiger partial charge is 0.251 e. The van der Waals surface area contributed by atoms with Gasteiger partial charge in [-0.3, -0.25) is 4.79 Å². The number of carbonyl (C=O) groups is 1. The zero-order valence-electron chi connectivity index (χ0n) is 13.1. The standard InChI is InChI=1S/C15H16N8O/c1-10-18-19-14-6-5-12(8-22(10)14)17-15(24)11-3-2-4-13(7-11)23-9-16-20-21-23/h2-4,7,9,12H,5-6,8H2,1H3,(H,17,24)/t12-/m0/s1. The lowest BCUT2D eigenvalue weighted by molar-refractivity contribution is 0.0927. The first-order chi connectivity index (χ1) is 11.7. The summed E-state index contributed by atoms with van der Waals surface area (Å²) < 4.78 is 3.58. The third-order valence-electron chi connectivity index (χ3n) is 4.19. The molecule has 0 fully saturated rings. The lowest BCUT2D eigenvalue weighted by atomic mass is 10.1. The molecule has 1 aliphatic rings. The van der Waals surface area contributed by atoms with E-state index in [9.17, 15) is 4.79 Å². The Morgan fingerprint density at radius 2 is 2.25 bits per heavy atom. The molecule has 2 aromatic heterocycles. The number of nitrogens with one attached hydrogen (secondary N) is 1. The number of nitrogens with zero attached hydrogens (tertiary/aromatic N) is 7. The predicted octanol–water partition coefficient (Wildman–Crippen LogP) is 0.307. The molecule has 1 aliphatic heterocycles. The van der Waals surface area contributed by atoms with Crippen molar-refractivity contribution in [3.8, 4) is 5.69 Å². The number of aryl methyl sites for hydroxylation is 2. The van der Waals surface area contributed by atoms with Gasteiger partial charge in [-0.25, -0.2) is 4.68 Å². The van der Waals surface area contributed by atoms with Gasteiger partial charge in [0.05, 0.1) is 5.69 Å². The summed E-state index contributed by atoms with van der Waals surface area (Å²) in [4.78, 5) is 12.6. The van der Waals surface area contributed by atoms with Crippen molar-refractivity contribution in [2.45, 2.75) is 32.4 Å². The lowest BCUT2D eigenvalue weighted by Crippen LogP contribution is -2.41. The number of aromatic nitrogens is 7. The number of rotatable bonds is 3. The van der Waals surface area contributed by atoms with Gasteiger partial charge < -0.3 is 9.88 Å². The van der Waals surface area contributed by atoms with Crippen molar-refractivity contribution in [3.05, 3.63) is 47.8 Å². The molecule has 0 unspecified atom stereocenters. The number of hydrogen-bond donors (Lipinski definition) is 1. The van der Waals surface area contributed by atoms with E-state index in [1.807, 2.05) is 19.1 Å². The van der Waals surface area contributed by atoms with Crippen LogP contribution in [0.1, 0.15) is 28.4 Å². The molecule has 122 valence electrons. The molecule has 24 heavy (non-hydrogen) atoms. The van der Waals surface area contributed by atoms with Gasteiger partial charge in [-0.1, -0.05) is 6.07 Å². The summed E-state index contributed by atoms with van der Waals surface area (Å²) in [6, 6.07) is 7.28. The highest BCUT2D eigenvalue weighted by Gasteiger charge is 2.23. The van der Waals surface area contributed by atoms with Crippen molar-refractivity contribution in [1.82, 2.24) is 40.3 Å². The van der Waals surface area contributed by atoms with Crippen molar-refractivity contribution < 1.29 is 4.79 Å². The average molecular weight is 324 g/mol. The van der Waals surface area contributed by atoms with Crippen molar-refractivity contribution in [3.63, 3.8) is 0 Å². The first-order valence-electron chi connectivity index (χ1n) is 7.73. The first-order valence-corrected chi connectivity index (χ1v) is 7.73. The fourth-order valence-corrected chi connectivity index (χ4v) is 2.92. The Bertz CT molecular complexity index is 869. The van der Waals surface area contributed by atoms with Crippen LogP contribution in [0.15, 0.2) is 30.6 Å². The predicted molar refractivity (Wildman–Crippen MR) is 83.5 cm³/mol. The van der Waals surface area contributed by atoms with E-state index in [2.05, 4.69) is 35.6 Å². The highest BCUT2D eigenvalue weighted by atomic mass is 16.1. The number of carbonyl (C=O) groups excluding carboxylic acids is 1. The maximum Gasteiger partial charge on any atom is 0.251 e. The van der Waals surface area contributed by atoms with Gasteiger partial charge in [-0.05, 0) is 42.0 Å². The first kappa shape index (κ1) is 14.5. The van der Waals surface area contributed by atoms with E-state index in [0.29, 0.717) is 12.1 Å². The molecule has 4 rings (SSSR count). The van der Waals surface area contributed by atoms with Crippen LogP contribution >= 0.6 is 0 Å². The van der Waals surface area contributed by atoms with Gasteiger partial charge in [0.15, 0.2) is 0 Å². The van der Waals surface area contributed by atoms with Gasteiger partial charge in [0, 0.05) is 24.6 Å². The Hall–Kier alpha value is -3.10. The van der Waals surface area contributed by atoms with Crippen molar-refractivity contribution in [1.29, 1.82) is 0 Å². The molecule has 1 aromatic carbocycles. The zero-order valence-corrected chi connectivity index (χ0v) is 13.1. The second-order valence-electron chi connectivity index (χ2n) is 5.79. The van der Waals surface area contributed by atoms with E-state index >= 15 is 0 Å². The zero-order chi connectivity index (χ0) is 16.5. The molecular weight excluding hydrogens is 308 g/mol. The van der Waals surface area contributed by atoms with E-state index in [1.54, 1.807) is 12.1 Å². The van der Waals surface area contributed by atoms with Crippen LogP contribution in [0.25, 0.3) is 5.69 Å². The van der Waals surface area contributed by atoms with Crippen LogP contribution in [-0.2, 0) is 13.0 Å². The van der Waals surface area contributed by atoms with E-state index < -0.39 is 0 Å². The third-order valence-corrected chi connectivity index (χ3v) is 4.19. The minimum Gasteiger partial charge on any atom is -0.347 e. The molecule has 1 amide bonds. The summed E-state index contributed by atoms with van der Waals surface area (Å²) in [5.74, 6) is 1.76. The molecule has 0 aliphatic carbocycles. The van der Waals surface area contributed by atoms with Crippen LogP contribution in [0.3, 0.4) is 0 Å². The van der Waals surface area contributed by atoms with Crippen LogP contribution in [-0.4, -0.2) is 46.9 Å². The summed E-state index contributed by atoms with van der Waals surface area (Å²) in [7, 11) is 0. The van der Waals surface area contributed by atoms with Crippen molar-refractivity contribution in [2.75, 3.05) is 0 Å². The summed E-state index contributed by atoms with van der Waals surface area (Å²) in [6.07, 6.45) is 3.17. The molecule has 9 nitrogen and oxygen atoms in total. The van der Waals surface area contributed by atoms with Crippen molar-refractivity contribution >= 4 is 5.91 Å². The van der Waals surface area contributed by atoms with E-state index in [4.69, 9.17) is 0 Å². The maximum atomic E-state index is 12.6. The number of fused-ring (bicyclic) bond motifs is 1. The number of tetrazole rings is 1. The SMILES string of the molecule is Cc1nnc2n1C[C@@H](NC(=O)c1cccc(-n3cnnn3)c1)CC2. The largest absolute Gasteiger partial charge is 0.347 e. The Labute approximate surface area is 137 Å². The van der Waals surface area contributed by atoms with E-state index in [-0.39, 0.29) is 11.9 Å². The number of hydrogen-bond acceptors (Lipinski definition) is 6. The second kappa shape index (κ2) is 5.84. The van der Waals surface area contributed by atoms with Gasteiger partial charge in [0.1, 0.15) is 18.0 Å². The van der Waals surface area contributed by atoms with Crippen LogP contribution in [0.5, 0.6) is 0 Å². The Morgan fingerprint density at radius 3 is 3.08 bits per heavy atom. The van der Waals surface area contributed by atoms with Gasteiger partial charge in [0.2, 0.25) is 0 Å². The van der Waals surface area contributed by atoms with Crippen molar-refractivity contribution in [2.24, 2.45) is 0 Å². The molecule has 1 atom stereocenters. The normalized spacial score (nSPS) is 16.6. The van der Waals surface area contributed by atoms with Crippen LogP contribution in [0.2, 0.25) is 0 Å². The Balaban J connectivity index is 1.49. The number of amides is 1. The van der Waals surface area contributed by atoms with E-state index in [1.165, 1.54) is 11.0 Å². The molecule has 0 radical (unpaired) electrons. The maximum absolute atomic E-state index is 12.6. The highest BCUT2D eigenvalue weighted by Crippen LogP contribution is 2.16. The minimum atomic E-state index is -0.107. The average Bonchev–Trinajstić information content (AvgIpc) is 3.26. The molecule has 3 heterocycles. The minimum absolute atomic E-state index is 0.0661. The molecular formula is C15H16N8O. The topological polar surface area (TPSA) is 103 Å². The molecule has 3 aromatic rings. The molecule has 1 N–H and O–H groups in total. The van der Waals surface area contributed by atoms with Gasteiger partial charge in [-0.2, -0.15) is 0 Å². The quantitative estimate of drug-likeness (QED) is 0.743. The summed E-state index contributed by atoms with van der Waals surface area (Å²) in [5, 5.41) is 22.4. The molecule has 9 heteroatoms. The molecule has 0 spiro atoms. The summed E-state index contributed by atoms with van der Waals surface area (Å²) in [6.45, 7) is 2.63. The monoisotopic (exact) mass is 324 g/mol. The van der Waals surface area contributed by atoms with Gasteiger partial charge in [-0.15, -0.1) is 15.3 Å². The molecule has 0 saturated carbocycles. The second-order valence-corrected chi connectivity index (χ2v) is 5.79. The van der Waals surface area contributed by atoms with Gasteiger partial charge in [0.25, 0.3) is 5.91 Å². The summed E-state index contributed by atoms with van der Waals surface area (Å²) in [5.41, 5.74) is 1.32. The van der Waals surface area contributed by atoms with Crippen LogP contribution in [0, 0.1) is 6.92 Å². The third kappa shape index (κ3) is 2.64.